The molecule has 4 rings (SSSR count). The van der Waals surface area contributed by atoms with E-state index in [9.17, 15) is 13.2 Å². The fourth-order valence-corrected chi connectivity index (χ4v) is 5.61. The van der Waals surface area contributed by atoms with Crippen molar-refractivity contribution in [3.05, 3.63) is 58.6 Å². The van der Waals surface area contributed by atoms with Crippen molar-refractivity contribution in [1.29, 1.82) is 0 Å². The molecule has 1 fully saturated rings. The summed E-state index contributed by atoms with van der Waals surface area (Å²) in [6.45, 7) is 3.26. The predicted octanol–water partition coefficient (Wildman–Crippen LogP) is 4.37. The monoisotopic (exact) mass is 446 g/mol. The van der Waals surface area contributed by atoms with Gasteiger partial charge < -0.3 is 14.5 Å². The van der Waals surface area contributed by atoms with E-state index in [1.807, 2.05) is 0 Å². The lowest BCUT2D eigenvalue weighted by Crippen LogP contribution is -2.41. The van der Waals surface area contributed by atoms with E-state index in [1.54, 1.807) is 46.2 Å². The van der Waals surface area contributed by atoms with Gasteiger partial charge in [0.05, 0.1) is 22.7 Å². The number of carbonyl (C=O) groups excluding carboxylic acids is 1. The minimum Gasteiger partial charge on any atom is -0.495 e. The largest absolute Gasteiger partial charge is 0.495 e. The molecule has 2 aromatic rings. The number of nitrogens with zero attached hydrogens (tertiary/aromatic N) is 2. The van der Waals surface area contributed by atoms with Crippen molar-refractivity contribution in [2.45, 2.75) is 24.7 Å². The topological polar surface area (TPSA) is 66.9 Å². The standard InChI is InChI=1S/C22H23ClN2O4S/c1-15-9-11-24(12-10-15)22(26)21-14-25(16-7-8-19(29-2)17(23)13-16)18-5-3-4-6-20(18)30(21,27)28/h3-8,13-15H,9-12H2,1-2H3. The average Bonchev–Trinajstić information content (AvgIpc) is 2.74. The number of carbonyl (C=O) groups is 1. The van der Waals surface area contributed by atoms with Crippen LogP contribution in [-0.4, -0.2) is 39.4 Å². The average molecular weight is 447 g/mol. The third-order valence-corrected chi connectivity index (χ3v) is 7.72. The third-order valence-electron chi connectivity index (χ3n) is 5.65. The molecule has 1 saturated heterocycles. The molecule has 0 aromatic heterocycles. The quantitative estimate of drug-likeness (QED) is 0.700. The second-order valence-electron chi connectivity index (χ2n) is 7.63. The van der Waals surface area contributed by atoms with Gasteiger partial charge in [-0.25, -0.2) is 8.42 Å². The summed E-state index contributed by atoms with van der Waals surface area (Å²) in [4.78, 5) is 16.5. The Balaban J connectivity index is 1.81. The van der Waals surface area contributed by atoms with Crippen molar-refractivity contribution in [3.63, 3.8) is 0 Å². The maximum atomic E-state index is 13.3. The molecule has 2 heterocycles. The summed E-state index contributed by atoms with van der Waals surface area (Å²) in [5.41, 5.74) is 1.11. The zero-order valence-corrected chi connectivity index (χ0v) is 18.4. The Morgan fingerprint density at radius 1 is 1.13 bits per heavy atom. The summed E-state index contributed by atoms with van der Waals surface area (Å²) in [6, 6.07) is 11.8. The van der Waals surface area contributed by atoms with Crippen LogP contribution in [0.5, 0.6) is 5.75 Å². The van der Waals surface area contributed by atoms with E-state index in [0.29, 0.717) is 41.2 Å². The van der Waals surface area contributed by atoms with Crippen molar-refractivity contribution in [2.75, 3.05) is 25.1 Å². The van der Waals surface area contributed by atoms with Crippen LogP contribution in [0.25, 0.3) is 0 Å². The van der Waals surface area contributed by atoms with Gasteiger partial charge in [-0.1, -0.05) is 30.7 Å². The van der Waals surface area contributed by atoms with Crippen LogP contribution in [0.2, 0.25) is 5.02 Å². The number of hydrogen-bond acceptors (Lipinski definition) is 5. The Morgan fingerprint density at radius 2 is 1.83 bits per heavy atom. The number of para-hydroxylation sites is 1. The summed E-state index contributed by atoms with van der Waals surface area (Å²) in [5, 5.41) is 0.396. The highest BCUT2D eigenvalue weighted by molar-refractivity contribution is 7.96. The van der Waals surface area contributed by atoms with E-state index in [1.165, 1.54) is 19.4 Å². The number of methoxy groups -OCH3 is 1. The van der Waals surface area contributed by atoms with Crippen molar-refractivity contribution >= 4 is 38.7 Å². The molecule has 158 valence electrons. The van der Waals surface area contributed by atoms with Crippen LogP contribution < -0.4 is 9.64 Å². The molecule has 0 radical (unpaired) electrons. The number of ether oxygens (including phenoxy) is 1. The van der Waals surface area contributed by atoms with E-state index in [4.69, 9.17) is 16.3 Å². The number of likely N-dealkylation sites (tertiary alicyclic amines) is 1. The van der Waals surface area contributed by atoms with Crippen LogP contribution in [0, 0.1) is 5.92 Å². The molecule has 2 aromatic carbocycles. The molecule has 2 aliphatic rings. The Kier molecular flexibility index (Phi) is 5.51. The Labute approximate surface area is 181 Å². The summed E-state index contributed by atoms with van der Waals surface area (Å²) in [5.74, 6) is 0.590. The van der Waals surface area contributed by atoms with Crippen LogP contribution >= 0.6 is 11.6 Å². The Hall–Kier alpha value is -2.51. The maximum absolute atomic E-state index is 13.3. The van der Waals surface area contributed by atoms with E-state index in [2.05, 4.69) is 6.92 Å². The van der Waals surface area contributed by atoms with Crippen molar-refractivity contribution < 1.29 is 17.9 Å². The smallest absolute Gasteiger partial charge is 0.267 e. The molecule has 2 aliphatic heterocycles. The second kappa shape index (κ2) is 7.96. The zero-order chi connectivity index (χ0) is 21.5. The molecular formula is C22H23ClN2O4S. The molecule has 0 saturated carbocycles. The van der Waals surface area contributed by atoms with Crippen LogP contribution in [-0.2, 0) is 14.6 Å². The fraction of sp³-hybridized carbons (Fsp3) is 0.318. The first-order valence-electron chi connectivity index (χ1n) is 9.81. The Bertz CT molecular complexity index is 1120. The number of amides is 1. The zero-order valence-electron chi connectivity index (χ0n) is 16.8. The van der Waals surface area contributed by atoms with E-state index in [-0.39, 0.29) is 9.80 Å². The van der Waals surface area contributed by atoms with Crippen molar-refractivity contribution in [2.24, 2.45) is 5.92 Å². The fourth-order valence-electron chi connectivity index (χ4n) is 3.81. The summed E-state index contributed by atoms with van der Waals surface area (Å²) >= 11 is 6.30. The van der Waals surface area contributed by atoms with E-state index < -0.39 is 15.7 Å². The van der Waals surface area contributed by atoms with Crippen LogP contribution in [0.1, 0.15) is 19.8 Å². The van der Waals surface area contributed by atoms with Crippen molar-refractivity contribution in [1.82, 2.24) is 4.90 Å². The normalized spacial score (nSPS) is 18.6. The summed E-state index contributed by atoms with van der Waals surface area (Å²) < 4.78 is 31.8. The number of anilines is 2. The molecule has 30 heavy (non-hydrogen) atoms. The van der Waals surface area contributed by atoms with Gasteiger partial charge >= 0.3 is 0 Å². The first kappa shape index (κ1) is 20.8. The number of rotatable bonds is 3. The lowest BCUT2D eigenvalue weighted by Gasteiger charge is -2.33. The molecule has 0 aliphatic carbocycles. The predicted molar refractivity (Wildman–Crippen MR) is 117 cm³/mol. The van der Waals surface area contributed by atoms with Gasteiger partial charge in [0.25, 0.3) is 5.91 Å². The molecule has 0 N–H and O–H groups in total. The van der Waals surface area contributed by atoms with Gasteiger partial charge in [-0.15, -0.1) is 0 Å². The molecule has 0 unspecified atom stereocenters. The van der Waals surface area contributed by atoms with E-state index >= 15 is 0 Å². The van der Waals surface area contributed by atoms with Crippen LogP contribution in [0.15, 0.2) is 58.5 Å². The highest BCUT2D eigenvalue weighted by Gasteiger charge is 2.38. The van der Waals surface area contributed by atoms with Gasteiger partial charge in [0.2, 0.25) is 9.84 Å². The second-order valence-corrected chi connectivity index (χ2v) is 9.92. The molecule has 0 bridgehead atoms. The maximum Gasteiger partial charge on any atom is 0.267 e. The minimum absolute atomic E-state index is 0.105. The SMILES string of the molecule is COc1ccc(N2C=C(C(=O)N3CCC(C)CC3)S(=O)(=O)c3ccccc32)cc1Cl. The number of benzene rings is 2. The van der Waals surface area contributed by atoms with E-state index in [0.717, 1.165) is 12.8 Å². The molecule has 6 nitrogen and oxygen atoms in total. The number of halogens is 1. The highest BCUT2D eigenvalue weighted by Crippen LogP contribution is 2.41. The van der Waals surface area contributed by atoms with Crippen molar-refractivity contribution in [3.8, 4) is 5.75 Å². The number of sulfone groups is 1. The summed E-state index contributed by atoms with van der Waals surface area (Å²) in [7, 11) is -2.41. The lowest BCUT2D eigenvalue weighted by molar-refractivity contribution is -0.127. The molecule has 8 heteroatoms. The minimum atomic E-state index is -3.94. The first-order chi connectivity index (χ1) is 14.3. The lowest BCUT2D eigenvalue weighted by atomic mass is 9.99. The molecule has 1 amide bonds. The van der Waals surface area contributed by atoms with Gasteiger partial charge in [0, 0.05) is 25.0 Å². The molecule has 0 atom stereocenters. The summed E-state index contributed by atoms with van der Waals surface area (Å²) in [6.07, 6.45) is 3.15. The van der Waals surface area contributed by atoms with Gasteiger partial charge in [0.1, 0.15) is 5.75 Å². The number of fused-ring (bicyclic) bond motifs is 1. The van der Waals surface area contributed by atoms with Crippen LogP contribution in [0.4, 0.5) is 11.4 Å². The van der Waals surface area contributed by atoms with Gasteiger partial charge in [-0.3, -0.25) is 4.79 Å². The molecule has 0 spiro atoms. The molecular weight excluding hydrogens is 424 g/mol. The van der Waals surface area contributed by atoms with Gasteiger partial charge in [-0.2, -0.15) is 0 Å². The highest BCUT2D eigenvalue weighted by atomic mass is 35.5. The van der Waals surface area contributed by atoms with Gasteiger partial charge in [0.15, 0.2) is 4.91 Å². The third kappa shape index (κ3) is 3.56. The number of piperidine rings is 1. The van der Waals surface area contributed by atoms with Gasteiger partial charge in [-0.05, 0) is 49.1 Å². The first-order valence-corrected chi connectivity index (χ1v) is 11.7. The van der Waals surface area contributed by atoms with Crippen LogP contribution in [0.3, 0.4) is 0 Å². The Morgan fingerprint density at radius 3 is 2.50 bits per heavy atom. The number of hydrogen-bond donors (Lipinski definition) is 0.